The van der Waals surface area contributed by atoms with E-state index in [9.17, 15) is 14.4 Å². The number of carboxylic acids is 1. The van der Waals surface area contributed by atoms with Gasteiger partial charge >= 0.3 is 11.9 Å². The summed E-state index contributed by atoms with van der Waals surface area (Å²) in [6, 6.07) is 103. The number of amides is 1. The quantitative estimate of drug-likeness (QED) is 0.0238. The minimum absolute atomic E-state index is 0. The number of nitrogens with one attached hydrogen (secondary N) is 1. The normalized spacial score (nSPS) is 11.5. The molecule has 1 radical (unpaired) electrons. The second-order valence-electron chi connectivity index (χ2n) is 33.0. The Hall–Kier alpha value is -14.6. The fourth-order valence-corrected chi connectivity index (χ4v) is 16.7. The maximum absolute atomic E-state index is 11.7. The number of nitrogen functional groups attached to an aromatic ring is 1. The van der Waals surface area contributed by atoms with Gasteiger partial charge in [-0.3, -0.25) is 14.8 Å². The monoisotopic (exact) mass is 1870 g/mol. The number of nitrogens with two attached hydrogens (primary N) is 1. The molecule has 0 unspecified atom stereocenters. The molecule has 19 heteroatoms. The van der Waals surface area contributed by atoms with Gasteiger partial charge in [0, 0.05) is 96.2 Å². The molecular formula is C109H95IrN8O10-. The SMILES string of the molecule is CCCCC(C)(C)c1nnc(-c2[c-]cc3oc4ccccc4c3c2)n1-c1ccc(-c2ccccc2)cc1C.CCCCC(C)(C)c1nnc(-c2ccc3oc4ccccc4c3c2)n1-c1ccc(-c2ccccc2)cc1C.CCOC(=O)c1ccc2oc3ccccc3c2c1.NNC(=O)c1ccc2oc3ccccc3c2c1.O=C(O)c1ccc2oc3ccccc3c2c1.[Ir]. The zero-order valence-electron chi connectivity index (χ0n) is 72.5. The van der Waals surface area contributed by atoms with Crippen molar-refractivity contribution in [1.29, 1.82) is 0 Å². The number of carboxylic acid groups (broad SMARTS) is 1. The molecule has 0 aliphatic heterocycles. The molecule has 21 rings (SSSR count). The summed E-state index contributed by atoms with van der Waals surface area (Å²) in [5, 5.41) is 38.2. The van der Waals surface area contributed by atoms with Crippen molar-refractivity contribution in [3.05, 3.63) is 349 Å². The van der Waals surface area contributed by atoms with Crippen LogP contribution in [-0.2, 0) is 35.7 Å². The molecule has 4 N–H and O–H groups in total. The number of aryl methyl sites for hydroxylation is 2. The van der Waals surface area contributed by atoms with Gasteiger partial charge in [-0.1, -0.05) is 236 Å². The van der Waals surface area contributed by atoms with Crippen LogP contribution in [-0.4, -0.2) is 59.1 Å². The number of hydrogen-bond acceptors (Lipinski definition) is 14. The Bertz CT molecular complexity index is 7370. The molecule has 0 bridgehead atoms. The second kappa shape index (κ2) is 37.7. The first kappa shape index (κ1) is 86.9. The van der Waals surface area contributed by atoms with E-state index in [4.69, 9.17) is 58.2 Å². The minimum atomic E-state index is -0.924. The van der Waals surface area contributed by atoms with Crippen molar-refractivity contribution in [3.8, 4) is 56.4 Å². The first-order valence-electron chi connectivity index (χ1n) is 42.9. The van der Waals surface area contributed by atoms with Gasteiger partial charge in [0.25, 0.3) is 5.91 Å². The van der Waals surface area contributed by atoms with Crippen LogP contribution in [0.5, 0.6) is 0 Å². The summed E-state index contributed by atoms with van der Waals surface area (Å²) in [6.45, 7) is 20.1. The predicted molar refractivity (Wildman–Crippen MR) is 508 cm³/mol. The van der Waals surface area contributed by atoms with Gasteiger partial charge in [-0.2, -0.15) is 5.10 Å². The summed E-state index contributed by atoms with van der Waals surface area (Å²) < 4.78 is 38.6. The molecule has 0 spiro atoms. The number of hydrazine groups is 1. The summed E-state index contributed by atoms with van der Waals surface area (Å²) in [6.07, 6.45) is 6.67. The predicted octanol–water partition coefficient (Wildman–Crippen LogP) is 27.6. The van der Waals surface area contributed by atoms with Crippen molar-refractivity contribution in [2.45, 2.75) is 112 Å². The van der Waals surface area contributed by atoms with Crippen molar-refractivity contribution < 1.29 is 66.4 Å². The molecule has 21 aromatic rings. The molecule has 0 aliphatic rings. The van der Waals surface area contributed by atoms with E-state index in [-0.39, 0.29) is 48.4 Å². The maximum atomic E-state index is 11.7. The Labute approximate surface area is 753 Å². The van der Waals surface area contributed by atoms with Crippen molar-refractivity contribution in [3.63, 3.8) is 0 Å². The molecule has 1 amide bonds. The fourth-order valence-electron chi connectivity index (χ4n) is 16.7. The molecule has 14 aromatic carbocycles. The second-order valence-corrected chi connectivity index (χ2v) is 33.0. The number of aromatic carboxylic acids is 1. The third-order valence-corrected chi connectivity index (χ3v) is 23.4. The Morgan fingerprint density at radius 2 is 0.734 bits per heavy atom. The van der Waals surface area contributed by atoms with E-state index in [1.807, 2.05) is 121 Å². The van der Waals surface area contributed by atoms with Crippen LogP contribution in [0.25, 0.3) is 166 Å². The molecule has 0 saturated heterocycles. The smallest absolute Gasteiger partial charge is 0.338 e. The number of carbonyl (C=O) groups is 3. The molecule has 0 atom stereocenters. The minimum Gasteiger partial charge on any atom is -0.500 e. The van der Waals surface area contributed by atoms with Crippen LogP contribution in [0.4, 0.5) is 0 Å². The average Bonchev–Trinajstić information content (AvgIpc) is 1.57. The van der Waals surface area contributed by atoms with Crippen LogP contribution in [0.3, 0.4) is 0 Å². The van der Waals surface area contributed by atoms with Crippen molar-refractivity contribution in [2.75, 3.05) is 6.61 Å². The van der Waals surface area contributed by atoms with E-state index in [1.165, 1.54) is 33.4 Å². The number of ether oxygens (including phenoxy) is 1. The first-order valence-corrected chi connectivity index (χ1v) is 42.9. The molecule has 128 heavy (non-hydrogen) atoms. The number of para-hydroxylation sites is 5. The molecule has 641 valence electrons. The van der Waals surface area contributed by atoms with Gasteiger partial charge in [-0.15, -0.1) is 39.1 Å². The largest absolute Gasteiger partial charge is 0.500 e. The third-order valence-electron chi connectivity index (χ3n) is 23.4. The molecule has 0 fully saturated rings. The molecule has 0 aliphatic carbocycles. The summed E-state index contributed by atoms with van der Waals surface area (Å²) in [7, 11) is 0. The fraction of sp³-hybridized carbons (Fsp3) is 0.165. The number of hydrogen-bond donors (Lipinski definition) is 3. The van der Waals surface area contributed by atoms with Gasteiger partial charge in [0.05, 0.1) is 34.8 Å². The van der Waals surface area contributed by atoms with Crippen LogP contribution in [0, 0.1) is 19.9 Å². The molecule has 7 aromatic heterocycles. The zero-order chi connectivity index (χ0) is 88.0. The van der Waals surface area contributed by atoms with E-state index in [1.54, 1.807) is 49.4 Å². The molecule has 18 nitrogen and oxygen atoms in total. The van der Waals surface area contributed by atoms with Crippen LogP contribution < -0.4 is 11.3 Å². The van der Waals surface area contributed by atoms with Gasteiger partial charge in [-0.05, 0) is 194 Å². The Morgan fingerprint density at radius 3 is 1.16 bits per heavy atom. The van der Waals surface area contributed by atoms with Gasteiger partial charge in [0.15, 0.2) is 5.82 Å². The number of carbonyl (C=O) groups excluding carboxylic acids is 2. The molecular weight excluding hydrogens is 1770 g/mol. The summed E-state index contributed by atoms with van der Waals surface area (Å²) in [5.74, 6) is 7.20. The van der Waals surface area contributed by atoms with E-state index in [0.717, 1.165) is 188 Å². The number of esters is 1. The van der Waals surface area contributed by atoms with E-state index in [2.05, 4.69) is 216 Å². The Kier molecular flexibility index (Phi) is 25.6. The molecule has 0 saturated carbocycles. The summed E-state index contributed by atoms with van der Waals surface area (Å²) in [5.41, 5.74) is 22.7. The summed E-state index contributed by atoms with van der Waals surface area (Å²) >= 11 is 0. The number of furan rings is 5. The molecule has 7 heterocycles. The number of benzene rings is 14. The van der Waals surface area contributed by atoms with Crippen molar-refractivity contribution in [2.24, 2.45) is 5.84 Å². The van der Waals surface area contributed by atoms with Gasteiger partial charge in [0.1, 0.15) is 61.9 Å². The number of nitrogens with zero attached hydrogens (tertiary/aromatic N) is 6. The third kappa shape index (κ3) is 17.8. The number of rotatable bonds is 18. The number of aromatic nitrogens is 6. The van der Waals surface area contributed by atoms with Crippen LogP contribution in [0.2, 0.25) is 0 Å². The van der Waals surface area contributed by atoms with Gasteiger partial charge < -0.3 is 36.5 Å². The summed E-state index contributed by atoms with van der Waals surface area (Å²) in [4.78, 5) is 34.0. The van der Waals surface area contributed by atoms with Gasteiger partial charge in [-0.25, -0.2) is 15.4 Å². The topological polar surface area (TPSA) is 246 Å². The number of fused-ring (bicyclic) bond motifs is 15. The Morgan fingerprint density at radius 1 is 0.383 bits per heavy atom. The van der Waals surface area contributed by atoms with Gasteiger partial charge in [0.2, 0.25) is 0 Å². The maximum Gasteiger partial charge on any atom is 0.338 e. The van der Waals surface area contributed by atoms with E-state index >= 15 is 0 Å². The first-order chi connectivity index (χ1) is 61.8. The standard InChI is InChI=1S/C34H33N3O.C34H32N3O.C15H12O3.C13H10N2O2.C13H8O3.Ir/c2*1-5-6-20-34(3,4)33-36-35-32(26-17-19-31-28(22-26)27-14-10-11-15-30(27)38-31)37(33)29-18-16-25(21-23(29)2)24-12-8-7-9-13-24;1-2-17-15(16)10-7-8-14-12(9-10)11-5-3-4-6-13(11)18-14;14-15-13(16)8-5-6-12-10(7-8)9-3-1-2-4-11(9)17-12;14-13(15)8-5-6-12-10(7-8)9-3-1-2-4-11(9)16-12;/h7-19,21-22H,5-6,20H2,1-4H3;7-16,18-19,21-22H,5-6,20H2,1-4H3;3-9H,2H2,1H3;1-7H,14H2,(H,15,16);1-7H,(H,14,15);/q;-1;;;;. The van der Waals surface area contributed by atoms with Crippen LogP contribution in [0.15, 0.2) is 325 Å². The van der Waals surface area contributed by atoms with E-state index < -0.39 is 5.97 Å². The average molecular weight is 1870 g/mol. The van der Waals surface area contributed by atoms with Crippen molar-refractivity contribution in [1.82, 2.24) is 35.0 Å². The van der Waals surface area contributed by atoms with Crippen molar-refractivity contribution >= 4 is 128 Å². The number of unbranched alkanes of at least 4 members (excludes halogenated alkanes) is 2. The van der Waals surface area contributed by atoms with Crippen LogP contribution in [0.1, 0.15) is 141 Å². The Balaban J connectivity index is 0.000000124. The van der Waals surface area contributed by atoms with E-state index in [0.29, 0.717) is 23.3 Å². The zero-order valence-corrected chi connectivity index (χ0v) is 74.9. The van der Waals surface area contributed by atoms with Crippen LogP contribution >= 0.6 is 0 Å².